The Labute approximate surface area is 194 Å². The number of benzene rings is 1. The van der Waals surface area contributed by atoms with Gasteiger partial charge in [-0.15, -0.1) is 0 Å². The Hall–Kier alpha value is -2.62. The van der Waals surface area contributed by atoms with E-state index in [9.17, 15) is 18.0 Å². The summed E-state index contributed by atoms with van der Waals surface area (Å²) in [5, 5.41) is 0. The molecule has 33 heavy (non-hydrogen) atoms. The number of carbonyl (C=O) groups excluding carboxylic acids is 2. The highest BCUT2D eigenvalue weighted by atomic mass is 32.2. The lowest BCUT2D eigenvalue weighted by Gasteiger charge is -2.35. The van der Waals surface area contributed by atoms with Crippen molar-refractivity contribution in [3.63, 3.8) is 0 Å². The fraction of sp³-hybridized carbons (Fsp3) is 0.458. The van der Waals surface area contributed by atoms with Crippen LogP contribution in [0.4, 0.5) is 0 Å². The quantitative estimate of drug-likeness (QED) is 0.583. The molecule has 8 nitrogen and oxygen atoms in total. The third-order valence-electron chi connectivity index (χ3n) is 6.13. The van der Waals surface area contributed by atoms with Crippen molar-refractivity contribution in [2.24, 2.45) is 0 Å². The summed E-state index contributed by atoms with van der Waals surface area (Å²) in [6, 6.07) is 10.3. The number of sulfonamides is 1. The van der Waals surface area contributed by atoms with E-state index in [1.807, 2.05) is 12.1 Å². The summed E-state index contributed by atoms with van der Waals surface area (Å²) in [5.74, 6) is 0.0589. The maximum atomic E-state index is 13.0. The van der Waals surface area contributed by atoms with Gasteiger partial charge in [0, 0.05) is 58.0 Å². The molecule has 1 aromatic carbocycles. The minimum atomic E-state index is -3.65. The average Bonchev–Trinajstić information content (AvgIpc) is 3.38. The second-order valence-corrected chi connectivity index (χ2v) is 10.4. The van der Waals surface area contributed by atoms with Crippen LogP contribution in [0.15, 0.2) is 53.7 Å². The van der Waals surface area contributed by atoms with Crippen molar-refractivity contribution in [1.82, 2.24) is 14.2 Å². The second kappa shape index (κ2) is 10.5. The van der Waals surface area contributed by atoms with Crippen LogP contribution in [0.5, 0.6) is 0 Å². The van der Waals surface area contributed by atoms with E-state index in [0.717, 1.165) is 24.0 Å². The SMILES string of the molecule is O=C(CCc1cccnc1)Cc1ccc(S(=O)(=O)N2CCN(C(=O)[C@H]3CCCO3)CC2)cc1. The predicted octanol–water partition coefficient (Wildman–Crippen LogP) is 1.84. The first-order valence-electron chi connectivity index (χ1n) is 11.3. The minimum Gasteiger partial charge on any atom is -0.368 e. The lowest BCUT2D eigenvalue weighted by atomic mass is 10.0. The van der Waals surface area contributed by atoms with Gasteiger partial charge in [0.1, 0.15) is 11.9 Å². The highest BCUT2D eigenvalue weighted by Gasteiger charge is 2.34. The summed E-state index contributed by atoms with van der Waals surface area (Å²) in [6.07, 6.45) is 6.02. The number of nitrogens with zero attached hydrogens (tertiary/aromatic N) is 3. The topological polar surface area (TPSA) is 96.9 Å². The fourth-order valence-electron chi connectivity index (χ4n) is 4.20. The zero-order valence-electron chi connectivity index (χ0n) is 18.6. The fourth-order valence-corrected chi connectivity index (χ4v) is 5.62. The monoisotopic (exact) mass is 471 g/mol. The molecule has 9 heteroatoms. The van der Waals surface area contributed by atoms with Gasteiger partial charge in [-0.1, -0.05) is 18.2 Å². The summed E-state index contributed by atoms with van der Waals surface area (Å²) in [4.78, 5) is 30.7. The molecule has 0 unspecified atom stereocenters. The molecular weight excluding hydrogens is 442 g/mol. The molecule has 1 amide bonds. The van der Waals surface area contributed by atoms with Crippen LogP contribution in [-0.4, -0.2) is 73.2 Å². The number of aryl methyl sites for hydroxylation is 1. The number of pyridine rings is 1. The van der Waals surface area contributed by atoms with E-state index in [0.29, 0.717) is 32.5 Å². The molecule has 3 heterocycles. The van der Waals surface area contributed by atoms with E-state index in [-0.39, 0.29) is 42.2 Å². The largest absolute Gasteiger partial charge is 0.368 e. The summed E-state index contributed by atoms with van der Waals surface area (Å²) < 4.78 is 33.0. The second-order valence-electron chi connectivity index (χ2n) is 8.45. The lowest BCUT2D eigenvalue weighted by molar-refractivity contribution is -0.142. The van der Waals surface area contributed by atoms with E-state index in [1.165, 1.54) is 4.31 Å². The molecule has 0 radical (unpaired) electrons. The smallest absolute Gasteiger partial charge is 0.251 e. The number of rotatable bonds is 8. The van der Waals surface area contributed by atoms with E-state index in [1.54, 1.807) is 41.6 Å². The van der Waals surface area contributed by atoms with Crippen molar-refractivity contribution in [2.45, 2.75) is 43.1 Å². The molecule has 0 bridgehead atoms. The molecule has 2 saturated heterocycles. The highest BCUT2D eigenvalue weighted by Crippen LogP contribution is 2.21. The van der Waals surface area contributed by atoms with E-state index in [2.05, 4.69) is 4.98 Å². The summed E-state index contributed by atoms with van der Waals surface area (Å²) >= 11 is 0. The third kappa shape index (κ3) is 5.85. The van der Waals surface area contributed by atoms with Gasteiger partial charge in [0.05, 0.1) is 4.90 Å². The first-order chi connectivity index (χ1) is 15.9. The van der Waals surface area contributed by atoms with E-state index >= 15 is 0 Å². The van der Waals surface area contributed by atoms with Gasteiger partial charge in [-0.25, -0.2) is 8.42 Å². The first-order valence-corrected chi connectivity index (χ1v) is 12.8. The lowest BCUT2D eigenvalue weighted by Crippen LogP contribution is -2.52. The van der Waals surface area contributed by atoms with Crippen molar-refractivity contribution in [3.8, 4) is 0 Å². The number of hydrogen-bond donors (Lipinski definition) is 0. The number of hydrogen-bond acceptors (Lipinski definition) is 6. The number of piperazine rings is 1. The molecule has 2 fully saturated rings. The van der Waals surface area contributed by atoms with Crippen LogP contribution in [0.1, 0.15) is 30.4 Å². The molecule has 4 rings (SSSR count). The highest BCUT2D eigenvalue weighted by molar-refractivity contribution is 7.89. The predicted molar refractivity (Wildman–Crippen MR) is 122 cm³/mol. The van der Waals surface area contributed by atoms with Crippen LogP contribution >= 0.6 is 0 Å². The number of carbonyl (C=O) groups is 2. The van der Waals surface area contributed by atoms with Gasteiger partial charge in [0.2, 0.25) is 10.0 Å². The Balaban J connectivity index is 1.29. The molecule has 0 saturated carbocycles. The van der Waals surface area contributed by atoms with Gasteiger partial charge in [0.25, 0.3) is 5.91 Å². The molecule has 0 aliphatic carbocycles. The van der Waals surface area contributed by atoms with Crippen LogP contribution in [0.2, 0.25) is 0 Å². The standard InChI is InChI=1S/C24H29N3O5S/c28-21(8-5-20-3-1-11-25-18-20)17-19-6-9-22(10-7-19)33(30,31)27-14-12-26(13-15-27)24(29)23-4-2-16-32-23/h1,3,6-7,9-11,18,23H,2,4-5,8,12-17H2/t23-/m1/s1. The van der Waals surface area contributed by atoms with Gasteiger partial charge in [-0.05, 0) is 48.6 Å². The van der Waals surface area contributed by atoms with Crippen molar-refractivity contribution >= 4 is 21.7 Å². The number of ether oxygens (including phenoxy) is 1. The normalized spacial score (nSPS) is 19.5. The van der Waals surface area contributed by atoms with Gasteiger partial charge in [-0.3, -0.25) is 14.6 Å². The summed E-state index contributed by atoms with van der Waals surface area (Å²) in [6.45, 7) is 1.85. The molecule has 2 aromatic rings. The van der Waals surface area contributed by atoms with Crippen LogP contribution in [0, 0.1) is 0 Å². The third-order valence-corrected chi connectivity index (χ3v) is 8.05. The van der Waals surface area contributed by atoms with Gasteiger partial charge in [-0.2, -0.15) is 4.31 Å². The summed E-state index contributed by atoms with van der Waals surface area (Å²) in [7, 11) is -3.65. The zero-order chi connectivity index (χ0) is 23.3. The Morgan fingerprint density at radius 1 is 1.03 bits per heavy atom. The van der Waals surface area contributed by atoms with Crippen LogP contribution < -0.4 is 0 Å². The Morgan fingerprint density at radius 3 is 2.42 bits per heavy atom. The minimum absolute atomic E-state index is 0.0397. The van der Waals surface area contributed by atoms with Gasteiger partial charge in [0.15, 0.2) is 0 Å². The van der Waals surface area contributed by atoms with Crippen LogP contribution in [0.25, 0.3) is 0 Å². The maximum Gasteiger partial charge on any atom is 0.251 e. The Morgan fingerprint density at radius 2 is 1.79 bits per heavy atom. The van der Waals surface area contributed by atoms with Crippen LogP contribution in [0.3, 0.4) is 0 Å². The molecule has 176 valence electrons. The number of Topliss-reactive ketones (excluding diaryl/α,β-unsaturated/α-hetero) is 1. The van der Waals surface area contributed by atoms with Crippen molar-refractivity contribution in [2.75, 3.05) is 32.8 Å². The zero-order valence-corrected chi connectivity index (χ0v) is 19.4. The van der Waals surface area contributed by atoms with Gasteiger partial charge >= 0.3 is 0 Å². The number of amides is 1. The van der Waals surface area contributed by atoms with Crippen molar-refractivity contribution < 1.29 is 22.7 Å². The molecular formula is C24H29N3O5S. The molecule has 2 aliphatic rings. The average molecular weight is 472 g/mol. The molecule has 0 N–H and O–H groups in total. The molecule has 1 atom stereocenters. The van der Waals surface area contributed by atoms with Crippen molar-refractivity contribution in [1.29, 1.82) is 0 Å². The summed E-state index contributed by atoms with van der Waals surface area (Å²) in [5.41, 5.74) is 1.81. The van der Waals surface area contributed by atoms with E-state index < -0.39 is 10.0 Å². The van der Waals surface area contributed by atoms with Crippen molar-refractivity contribution in [3.05, 3.63) is 59.9 Å². The number of ketones is 1. The van der Waals surface area contributed by atoms with Crippen LogP contribution in [-0.2, 0) is 37.2 Å². The molecule has 1 aromatic heterocycles. The number of aromatic nitrogens is 1. The van der Waals surface area contributed by atoms with E-state index in [4.69, 9.17) is 4.74 Å². The Kier molecular flexibility index (Phi) is 7.52. The molecule has 0 spiro atoms. The molecule has 2 aliphatic heterocycles. The first kappa shape index (κ1) is 23.5. The maximum absolute atomic E-state index is 13.0. The van der Waals surface area contributed by atoms with Gasteiger partial charge < -0.3 is 9.64 Å². The Bertz CT molecular complexity index is 1060.